The quantitative estimate of drug-likeness (QED) is 0.447. The van der Waals surface area contributed by atoms with Gasteiger partial charge in [-0.3, -0.25) is 0 Å². The van der Waals surface area contributed by atoms with Gasteiger partial charge in [0.25, 0.3) is 0 Å². The number of carbonyl (C=O) groups excluding carboxylic acids is 1. The van der Waals surface area contributed by atoms with Crippen molar-refractivity contribution in [1.29, 1.82) is 0 Å². The molecule has 0 spiro atoms. The summed E-state index contributed by atoms with van der Waals surface area (Å²) in [6.45, 7) is 0.972. The summed E-state index contributed by atoms with van der Waals surface area (Å²) in [5.74, 6) is -1.08. The summed E-state index contributed by atoms with van der Waals surface area (Å²) in [5.41, 5.74) is 0. The number of carbonyl (C=O) groups is 1. The molecule has 0 unspecified atom stereocenters. The van der Waals surface area contributed by atoms with E-state index in [1.54, 1.807) is 14.2 Å². The summed E-state index contributed by atoms with van der Waals surface area (Å²) in [6, 6.07) is 0. The number of hydrogen-bond donors (Lipinski definition) is 0. The van der Waals surface area contributed by atoms with Crippen molar-refractivity contribution in [3.8, 4) is 0 Å². The van der Waals surface area contributed by atoms with Crippen LogP contribution < -0.4 is 5.11 Å². The summed E-state index contributed by atoms with van der Waals surface area (Å²) in [7, 11) is 3.25. The van der Waals surface area contributed by atoms with Crippen molar-refractivity contribution in [3.63, 3.8) is 0 Å². The third kappa shape index (κ3) is 1180. The minimum atomic E-state index is -1.08. The number of rotatable bonds is 0. The second-order valence-corrected chi connectivity index (χ2v) is 0.900. The number of methoxy groups -OCH3 is 1. The molecule has 0 fully saturated rings. The van der Waals surface area contributed by atoms with Crippen LogP contribution in [0.5, 0.6) is 0 Å². The Labute approximate surface area is 86.4 Å². The molecular formula is C5H12ArO3. The molecular weight excluding hydrogens is 148 g/mol. The molecule has 0 atom stereocenters. The Hall–Kier alpha value is 0.560. The minimum Gasteiger partial charge on any atom is -0.550 e. The second-order valence-electron chi connectivity index (χ2n) is 0.900. The molecule has 0 aliphatic heterocycles. The van der Waals surface area contributed by atoms with Gasteiger partial charge in [0.05, 0.1) is 0 Å². The fraction of sp³-hybridized carbons (Fsp3) is 0.600. The van der Waals surface area contributed by atoms with E-state index in [1.807, 2.05) is 0 Å². The molecule has 0 aromatic heterocycles. The van der Waals surface area contributed by atoms with Crippen LogP contribution in [0.2, 0.25) is 0 Å². The molecule has 0 amide bonds. The van der Waals surface area contributed by atoms with E-state index in [-0.39, 0.29) is 45.2 Å². The molecule has 0 heterocycles. The van der Waals surface area contributed by atoms with Gasteiger partial charge in [-0.2, -0.15) is 0 Å². The van der Waals surface area contributed by atoms with Crippen molar-refractivity contribution >= 4 is 5.97 Å². The topological polar surface area (TPSA) is 49.4 Å². The van der Waals surface area contributed by atoms with Crippen molar-refractivity contribution in [2.75, 3.05) is 14.2 Å². The van der Waals surface area contributed by atoms with Crippen LogP contribution in [0.4, 0.5) is 0 Å². The molecule has 0 rings (SSSR count). The normalized spacial score (nSPS) is 4.78. The number of carboxylic acids is 1. The number of hydrogen-bond acceptors (Lipinski definition) is 3. The molecule has 58 valence electrons. The van der Waals surface area contributed by atoms with E-state index in [0.717, 1.165) is 6.92 Å². The Morgan fingerprint density at radius 3 is 1.44 bits per heavy atom. The Kier molecular flexibility index (Phi) is 59.2. The molecule has 0 aromatic carbocycles. The zero-order valence-electron chi connectivity index (χ0n) is 6.08. The molecule has 0 saturated carbocycles. The van der Waals surface area contributed by atoms with Gasteiger partial charge in [0.2, 0.25) is 0 Å². The van der Waals surface area contributed by atoms with Gasteiger partial charge in [-0.25, -0.2) is 0 Å². The largest absolute Gasteiger partial charge is 0.550 e. The monoisotopic (exact) mass is 160 g/mol. The second kappa shape index (κ2) is 23.5. The van der Waals surface area contributed by atoms with E-state index in [0.29, 0.717) is 0 Å². The first-order chi connectivity index (χ1) is 3.15. The molecule has 3 nitrogen and oxygen atoms in total. The molecule has 0 bridgehead atoms. The van der Waals surface area contributed by atoms with Gasteiger partial charge in [0.1, 0.15) is 0 Å². The first-order valence-corrected chi connectivity index (χ1v) is 1.72. The maximum atomic E-state index is 8.89. The summed E-state index contributed by atoms with van der Waals surface area (Å²) in [4.78, 5) is 8.89. The molecule has 0 aliphatic carbocycles. The van der Waals surface area contributed by atoms with Gasteiger partial charge in [0.15, 0.2) is 0 Å². The predicted molar refractivity (Wildman–Crippen MR) is 30.0 cm³/mol. The van der Waals surface area contributed by atoms with Crippen LogP contribution in [0.15, 0.2) is 0 Å². The molecule has 0 N–H and O–H groups in total. The van der Waals surface area contributed by atoms with E-state index in [1.165, 1.54) is 0 Å². The van der Waals surface area contributed by atoms with Crippen LogP contribution in [0.1, 0.15) is 6.92 Å². The maximum Gasteiger partial charge on any atom is 0.0467 e. The average Bonchev–Trinajstić information content (AvgIpc) is 1.33. The van der Waals surface area contributed by atoms with Crippen LogP contribution in [-0.2, 0) is 9.53 Å². The van der Waals surface area contributed by atoms with Gasteiger partial charge in [-0.1, -0.05) is 0 Å². The maximum absolute atomic E-state index is 8.89. The zero-order chi connectivity index (χ0) is 6.28. The first kappa shape index (κ1) is 22.7. The number of carboxylic acid groups (broad SMARTS) is 1. The van der Waals surface area contributed by atoms with E-state index in [9.17, 15) is 0 Å². The molecule has 0 radical (unpaired) electrons. The minimum absolute atomic E-state index is 0. The third-order valence-electron chi connectivity index (χ3n) is 0. The Balaban J connectivity index is -0.0000000233. The summed E-state index contributed by atoms with van der Waals surface area (Å²) in [6.07, 6.45) is 0. The predicted octanol–water partition coefficient (Wildman–Crippen LogP) is -0.531. The molecule has 4 heteroatoms. The number of ether oxygens (including phenoxy) is 1. The van der Waals surface area contributed by atoms with Crippen LogP contribution in [0.3, 0.4) is 0 Å². The standard InChI is InChI=1S/C2H4O2.C2H6O.CH3.Ar/c1-2(3)4;1-3-2;;/h1H3,(H,3,4);1-2H3;1H3;/q;;+1;/p-1. The smallest absolute Gasteiger partial charge is 0.0467 e. The molecule has 0 saturated heterocycles. The van der Waals surface area contributed by atoms with E-state index in [4.69, 9.17) is 9.90 Å². The van der Waals surface area contributed by atoms with Crippen LogP contribution in [0.25, 0.3) is 0 Å². The summed E-state index contributed by atoms with van der Waals surface area (Å²) in [5, 5.41) is 8.89. The first-order valence-electron chi connectivity index (χ1n) is 1.72. The van der Waals surface area contributed by atoms with E-state index < -0.39 is 5.97 Å². The summed E-state index contributed by atoms with van der Waals surface area (Å²) >= 11 is 0. The van der Waals surface area contributed by atoms with E-state index >= 15 is 0 Å². The van der Waals surface area contributed by atoms with Gasteiger partial charge in [0, 0.05) is 65.4 Å². The summed E-state index contributed by atoms with van der Waals surface area (Å²) < 4.78 is 4.25. The number of aliphatic carboxylic acids is 1. The molecule has 0 aromatic rings. The van der Waals surface area contributed by atoms with Crippen LogP contribution >= 0.6 is 0 Å². The van der Waals surface area contributed by atoms with Crippen molar-refractivity contribution < 1.29 is 52.4 Å². The fourth-order valence-electron chi connectivity index (χ4n) is 0. The Bertz CT molecular complexity index is 43.5. The van der Waals surface area contributed by atoms with Gasteiger partial charge in [-0.15, -0.1) is 0 Å². The fourth-order valence-corrected chi connectivity index (χ4v) is 0. The van der Waals surface area contributed by atoms with Crippen LogP contribution in [-0.4, -0.2) is 20.2 Å². The third-order valence-corrected chi connectivity index (χ3v) is 0. The SMILES string of the molecule is CC(=O)[O-].COC.[Ar].[CH3+]. The Morgan fingerprint density at radius 2 is 1.44 bits per heavy atom. The van der Waals surface area contributed by atoms with Crippen molar-refractivity contribution in [1.82, 2.24) is 0 Å². The Morgan fingerprint density at radius 1 is 1.44 bits per heavy atom. The van der Waals surface area contributed by atoms with Crippen LogP contribution in [0, 0.1) is 45.2 Å². The van der Waals surface area contributed by atoms with Crippen molar-refractivity contribution in [2.24, 2.45) is 0 Å². The van der Waals surface area contributed by atoms with Gasteiger partial charge >= 0.3 is 0 Å². The van der Waals surface area contributed by atoms with Gasteiger partial charge < -0.3 is 14.6 Å². The van der Waals surface area contributed by atoms with Crippen molar-refractivity contribution in [2.45, 2.75) is 6.92 Å². The van der Waals surface area contributed by atoms with Crippen molar-refractivity contribution in [3.05, 3.63) is 7.43 Å². The van der Waals surface area contributed by atoms with E-state index in [2.05, 4.69) is 4.74 Å². The zero-order valence-corrected chi connectivity index (χ0v) is 6.79. The average molecular weight is 160 g/mol. The molecule has 9 heavy (non-hydrogen) atoms. The molecule has 0 aliphatic rings. The van der Waals surface area contributed by atoms with Gasteiger partial charge in [-0.05, 0) is 6.92 Å².